The summed E-state index contributed by atoms with van der Waals surface area (Å²) in [6.45, 7) is 2.43. The Labute approximate surface area is 161 Å². The first-order valence-corrected chi connectivity index (χ1v) is 10.1. The SMILES string of the molecule is Cc1[nH]c2c(S(N)(=O)=O)cccc2c1-c1nncc(NCc2ccccc2)n1. The van der Waals surface area contributed by atoms with Crippen LogP contribution in [0.25, 0.3) is 22.3 Å². The van der Waals surface area contributed by atoms with Crippen LogP contribution in [0.15, 0.2) is 59.6 Å². The van der Waals surface area contributed by atoms with Crippen LogP contribution in [-0.2, 0) is 16.6 Å². The molecular formula is C19H18N6O2S. The average molecular weight is 394 g/mol. The molecule has 0 spiro atoms. The zero-order valence-corrected chi connectivity index (χ0v) is 15.9. The first-order chi connectivity index (χ1) is 13.4. The van der Waals surface area contributed by atoms with E-state index in [0.29, 0.717) is 34.7 Å². The van der Waals surface area contributed by atoms with Gasteiger partial charge in [-0.05, 0) is 18.6 Å². The van der Waals surface area contributed by atoms with Crippen LogP contribution in [0.4, 0.5) is 5.82 Å². The Balaban J connectivity index is 1.74. The minimum atomic E-state index is -3.86. The van der Waals surface area contributed by atoms with E-state index >= 15 is 0 Å². The molecule has 0 aliphatic rings. The topological polar surface area (TPSA) is 127 Å². The number of fused-ring (bicyclic) bond motifs is 1. The summed E-state index contributed by atoms with van der Waals surface area (Å²) in [5.74, 6) is 0.971. The molecule has 9 heteroatoms. The first-order valence-electron chi connectivity index (χ1n) is 8.55. The molecule has 0 aliphatic carbocycles. The minimum Gasteiger partial charge on any atom is -0.365 e. The normalized spacial score (nSPS) is 11.6. The molecule has 0 fully saturated rings. The highest BCUT2D eigenvalue weighted by Crippen LogP contribution is 2.33. The van der Waals surface area contributed by atoms with Gasteiger partial charge in [0.05, 0.1) is 11.7 Å². The fourth-order valence-electron chi connectivity index (χ4n) is 3.13. The first kappa shape index (κ1) is 18.1. The number of aryl methyl sites for hydroxylation is 1. The third-order valence-corrected chi connectivity index (χ3v) is 5.34. The van der Waals surface area contributed by atoms with Crippen molar-refractivity contribution in [2.45, 2.75) is 18.4 Å². The molecule has 2 aromatic heterocycles. The Kier molecular flexibility index (Phi) is 4.54. The van der Waals surface area contributed by atoms with Crippen LogP contribution in [0, 0.1) is 6.92 Å². The third-order valence-electron chi connectivity index (χ3n) is 4.39. The molecule has 4 aromatic rings. The molecule has 0 atom stereocenters. The van der Waals surface area contributed by atoms with Crippen LogP contribution in [-0.4, -0.2) is 28.6 Å². The van der Waals surface area contributed by atoms with Crippen LogP contribution in [0.3, 0.4) is 0 Å². The second-order valence-electron chi connectivity index (χ2n) is 6.35. The van der Waals surface area contributed by atoms with Crippen molar-refractivity contribution in [3.8, 4) is 11.4 Å². The predicted octanol–water partition coefficient (Wildman–Crippen LogP) is 2.59. The van der Waals surface area contributed by atoms with Gasteiger partial charge in [0, 0.05) is 23.2 Å². The summed E-state index contributed by atoms with van der Waals surface area (Å²) < 4.78 is 23.8. The van der Waals surface area contributed by atoms with Gasteiger partial charge in [0.2, 0.25) is 10.0 Å². The monoisotopic (exact) mass is 394 g/mol. The number of benzene rings is 2. The molecule has 2 aromatic carbocycles. The van der Waals surface area contributed by atoms with Crippen LogP contribution in [0.2, 0.25) is 0 Å². The van der Waals surface area contributed by atoms with Crippen molar-refractivity contribution in [1.82, 2.24) is 20.2 Å². The lowest BCUT2D eigenvalue weighted by atomic mass is 10.1. The number of rotatable bonds is 5. The number of nitrogens with zero attached hydrogens (tertiary/aromatic N) is 3. The van der Waals surface area contributed by atoms with Crippen molar-refractivity contribution in [1.29, 1.82) is 0 Å². The van der Waals surface area contributed by atoms with E-state index in [-0.39, 0.29) is 4.90 Å². The molecule has 0 saturated carbocycles. The molecule has 0 saturated heterocycles. The zero-order chi connectivity index (χ0) is 19.7. The van der Waals surface area contributed by atoms with Gasteiger partial charge in [-0.15, -0.1) is 5.10 Å². The number of H-pyrrole nitrogens is 1. The molecule has 0 unspecified atom stereocenters. The van der Waals surface area contributed by atoms with Crippen molar-refractivity contribution in [2.75, 3.05) is 5.32 Å². The second-order valence-corrected chi connectivity index (χ2v) is 7.88. The molecule has 0 amide bonds. The van der Waals surface area contributed by atoms with Gasteiger partial charge in [-0.1, -0.05) is 42.5 Å². The van der Waals surface area contributed by atoms with Crippen molar-refractivity contribution < 1.29 is 8.42 Å². The number of anilines is 1. The summed E-state index contributed by atoms with van der Waals surface area (Å²) in [6.07, 6.45) is 1.55. The van der Waals surface area contributed by atoms with Gasteiger partial charge in [-0.25, -0.2) is 18.5 Å². The van der Waals surface area contributed by atoms with Gasteiger partial charge < -0.3 is 10.3 Å². The number of hydrogen-bond acceptors (Lipinski definition) is 6. The van der Waals surface area contributed by atoms with Crippen molar-refractivity contribution in [3.05, 3.63) is 66.0 Å². The van der Waals surface area contributed by atoms with Crippen LogP contribution >= 0.6 is 0 Å². The maximum Gasteiger partial charge on any atom is 0.240 e. The van der Waals surface area contributed by atoms with E-state index in [1.807, 2.05) is 37.3 Å². The Bertz CT molecular complexity index is 1250. The number of hydrogen-bond donors (Lipinski definition) is 3. The van der Waals surface area contributed by atoms with Crippen molar-refractivity contribution in [3.63, 3.8) is 0 Å². The van der Waals surface area contributed by atoms with Crippen molar-refractivity contribution in [2.24, 2.45) is 5.14 Å². The summed E-state index contributed by atoms with van der Waals surface area (Å²) in [4.78, 5) is 7.67. The number of para-hydroxylation sites is 1. The second kappa shape index (κ2) is 7.02. The Morgan fingerprint density at radius 2 is 1.89 bits per heavy atom. The maximum atomic E-state index is 11.9. The molecule has 0 aliphatic heterocycles. The average Bonchev–Trinajstić information content (AvgIpc) is 3.02. The van der Waals surface area contributed by atoms with E-state index in [4.69, 9.17) is 5.14 Å². The third kappa shape index (κ3) is 3.45. The molecular weight excluding hydrogens is 376 g/mol. The summed E-state index contributed by atoms with van der Waals surface area (Å²) in [7, 11) is -3.86. The number of nitrogens with one attached hydrogen (secondary N) is 2. The molecule has 142 valence electrons. The van der Waals surface area contributed by atoms with Crippen LogP contribution in [0.5, 0.6) is 0 Å². The van der Waals surface area contributed by atoms with Gasteiger partial charge in [-0.3, -0.25) is 0 Å². The van der Waals surface area contributed by atoms with E-state index in [0.717, 1.165) is 11.3 Å². The van der Waals surface area contributed by atoms with Gasteiger partial charge in [0.25, 0.3) is 0 Å². The van der Waals surface area contributed by atoms with E-state index in [1.54, 1.807) is 18.3 Å². The molecule has 0 radical (unpaired) electrons. The fraction of sp³-hybridized carbons (Fsp3) is 0.105. The fourth-order valence-corrected chi connectivity index (χ4v) is 3.84. The summed E-state index contributed by atoms with van der Waals surface area (Å²) in [5.41, 5.74) is 2.97. The minimum absolute atomic E-state index is 0.0330. The highest BCUT2D eigenvalue weighted by molar-refractivity contribution is 7.89. The Morgan fingerprint density at radius 3 is 2.64 bits per heavy atom. The zero-order valence-electron chi connectivity index (χ0n) is 15.0. The number of sulfonamides is 1. The Morgan fingerprint density at radius 1 is 1.11 bits per heavy atom. The lowest BCUT2D eigenvalue weighted by Crippen LogP contribution is -2.12. The molecule has 4 rings (SSSR count). The van der Waals surface area contributed by atoms with Gasteiger partial charge in [-0.2, -0.15) is 5.10 Å². The summed E-state index contributed by atoms with van der Waals surface area (Å²) in [5, 5.41) is 17.4. The van der Waals surface area contributed by atoms with E-state index in [9.17, 15) is 8.42 Å². The smallest absolute Gasteiger partial charge is 0.240 e. The number of aromatic amines is 1. The van der Waals surface area contributed by atoms with E-state index in [1.165, 1.54) is 6.07 Å². The predicted molar refractivity (Wildman–Crippen MR) is 107 cm³/mol. The molecule has 8 nitrogen and oxygen atoms in total. The number of aromatic nitrogens is 4. The standard InChI is InChI=1S/C19H18N6O2S/c1-12-17(14-8-5-9-15(18(14)23-12)28(20,26)27)19-24-16(11-22-25-19)21-10-13-6-3-2-4-7-13/h2-9,11,23H,10H2,1H3,(H2,20,26,27)(H,21,24,25). The molecule has 0 bridgehead atoms. The summed E-state index contributed by atoms with van der Waals surface area (Å²) >= 11 is 0. The molecule has 2 heterocycles. The van der Waals surface area contributed by atoms with Crippen LogP contribution in [0.1, 0.15) is 11.3 Å². The van der Waals surface area contributed by atoms with Gasteiger partial charge in [0.15, 0.2) is 5.82 Å². The van der Waals surface area contributed by atoms with E-state index < -0.39 is 10.0 Å². The lowest BCUT2D eigenvalue weighted by Gasteiger charge is -2.07. The number of primary sulfonamides is 1. The lowest BCUT2D eigenvalue weighted by molar-refractivity contribution is 0.598. The van der Waals surface area contributed by atoms with Crippen LogP contribution < -0.4 is 10.5 Å². The molecule has 28 heavy (non-hydrogen) atoms. The Hall–Kier alpha value is -3.30. The quantitative estimate of drug-likeness (QED) is 0.477. The largest absolute Gasteiger partial charge is 0.365 e. The highest BCUT2D eigenvalue weighted by atomic mass is 32.2. The maximum absolute atomic E-state index is 11.9. The van der Waals surface area contributed by atoms with Gasteiger partial charge in [0.1, 0.15) is 10.7 Å². The van der Waals surface area contributed by atoms with Gasteiger partial charge >= 0.3 is 0 Å². The van der Waals surface area contributed by atoms with Crippen molar-refractivity contribution >= 4 is 26.7 Å². The number of nitrogens with two attached hydrogens (primary N) is 1. The highest BCUT2D eigenvalue weighted by Gasteiger charge is 2.20. The molecule has 4 N–H and O–H groups in total. The van der Waals surface area contributed by atoms with E-state index in [2.05, 4.69) is 25.5 Å². The summed E-state index contributed by atoms with van der Waals surface area (Å²) in [6, 6.07) is 14.8.